The molecule has 2 N–H and O–H groups in total. The molecule has 8 rings (SSSR count). The number of aliphatic hydroxyl groups is 2. The van der Waals surface area contributed by atoms with Gasteiger partial charge < -0.3 is 38.6 Å². The number of halogens is 1. The summed E-state index contributed by atoms with van der Waals surface area (Å²) in [5, 5.41) is 25.9. The number of aryl methyl sites for hydroxylation is 1. The van der Waals surface area contributed by atoms with Crippen LogP contribution in [0.2, 0.25) is 0 Å². The summed E-state index contributed by atoms with van der Waals surface area (Å²) in [6.45, 7) is 3.00. The van der Waals surface area contributed by atoms with E-state index >= 15 is 0 Å². The molecule has 64 heavy (non-hydrogen) atoms. The zero-order valence-corrected chi connectivity index (χ0v) is 37.3. The Labute approximate surface area is 384 Å². The molecular formula is C55H53BrO8. The molecule has 0 amide bonds. The van der Waals surface area contributed by atoms with Crippen LogP contribution in [0.5, 0.6) is 5.75 Å². The Hall–Kier alpha value is -5.46. The number of rotatable bonds is 19. The zero-order valence-electron chi connectivity index (χ0n) is 35.7. The summed E-state index contributed by atoms with van der Waals surface area (Å²) in [5.74, 6) is -1.89. The first-order valence-corrected chi connectivity index (χ1v) is 22.4. The third-order valence-electron chi connectivity index (χ3n) is 11.4. The van der Waals surface area contributed by atoms with Crippen LogP contribution in [0.4, 0.5) is 0 Å². The highest BCUT2D eigenvalue weighted by atomic mass is 79.9. The lowest BCUT2D eigenvalue weighted by Gasteiger charge is -2.50. The molecule has 0 saturated carbocycles. The molecule has 1 saturated heterocycles. The van der Waals surface area contributed by atoms with Crippen LogP contribution in [0.1, 0.15) is 56.2 Å². The fourth-order valence-electron chi connectivity index (χ4n) is 8.02. The lowest BCUT2D eigenvalue weighted by molar-refractivity contribution is -0.379. The molecule has 7 aromatic carbocycles. The minimum atomic E-state index is -2.25. The molecule has 0 radical (unpaired) electrons. The second-order valence-electron chi connectivity index (χ2n) is 16.0. The van der Waals surface area contributed by atoms with Gasteiger partial charge in [-0.15, -0.1) is 0 Å². The van der Waals surface area contributed by atoms with Crippen LogP contribution in [0.25, 0.3) is 0 Å². The van der Waals surface area contributed by atoms with Gasteiger partial charge in [0.25, 0.3) is 0 Å². The summed E-state index contributed by atoms with van der Waals surface area (Å²) < 4.78 is 41.9. The molecule has 7 aromatic rings. The number of ether oxygens (including phenoxy) is 6. The van der Waals surface area contributed by atoms with Crippen molar-refractivity contribution in [2.24, 2.45) is 0 Å². The maximum Gasteiger partial charge on any atom is 0.226 e. The SMILES string of the molecule is Cc1cc(OCc2ccccc2)c(C2(O)O[C@H](COCc3ccccc3)[C@@H](OCc3ccccc3)[C@H](OCc3ccccc3)[C@H]2OCc2ccccc2)cc1C(O)c1ccc(Br)cc1. The first kappa shape index (κ1) is 45.1. The third kappa shape index (κ3) is 11.4. The van der Waals surface area contributed by atoms with Gasteiger partial charge in [-0.3, -0.25) is 0 Å². The van der Waals surface area contributed by atoms with E-state index in [1.807, 2.05) is 189 Å². The maximum atomic E-state index is 13.8. The molecule has 0 aromatic heterocycles. The zero-order chi connectivity index (χ0) is 44.1. The van der Waals surface area contributed by atoms with Crippen molar-refractivity contribution < 1.29 is 38.6 Å². The molecular weight excluding hydrogens is 869 g/mol. The first-order valence-electron chi connectivity index (χ1n) is 21.6. The van der Waals surface area contributed by atoms with E-state index in [1.54, 1.807) is 6.07 Å². The molecule has 1 aliphatic rings. The molecule has 1 aliphatic heterocycles. The molecule has 1 fully saturated rings. The number of aliphatic hydroxyl groups excluding tert-OH is 1. The van der Waals surface area contributed by atoms with E-state index in [2.05, 4.69) is 15.9 Å². The lowest BCUT2D eigenvalue weighted by atomic mass is 9.84. The van der Waals surface area contributed by atoms with Crippen LogP contribution in [0.15, 0.2) is 193 Å². The van der Waals surface area contributed by atoms with Crippen molar-refractivity contribution in [1.82, 2.24) is 0 Å². The summed E-state index contributed by atoms with van der Waals surface area (Å²) in [4.78, 5) is 0. The highest BCUT2D eigenvalue weighted by Crippen LogP contribution is 2.46. The molecule has 0 aliphatic carbocycles. The number of hydrogen-bond acceptors (Lipinski definition) is 8. The Balaban J connectivity index is 1.27. The Morgan fingerprint density at radius 3 is 1.53 bits per heavy atom. The Morgan fingerprint density at radius 2 is 1.02 bits per heavy atom. The van der Waals surface area contributed by atoms with E-state index in [0.717, 1.165) is 37.9 Å². The summed E-state index contributed by atoms with van der Waals surface area (Å²) in [6, 6.07) is 60.5. The van der Waals surface area contributed by atoms with Crippen LogP contribution < -0.4 is 4.74 Å². The van der Waals surface area contributed by atoms with Crippen molar-refractivity contribution in [1.29, 1.82) is 0 Å². The third-order valence-corrected chi connectivity index (χ3v) is 11.9. The van der Waals surface area contributed by atoms with E-state index in [0.29, 0.717) is 23.5 Å². The van der Waals surface area contributed by atoms with Gasteiger partial charge in [0.05, 0.1) is 38.6 Å². The van der Waals surface area contributed by atoms with Crippen molar-refractivity contribution in [2.75, 3.05) is 6.61 Å². The predicted octanol–water partition coefficient (Wildman–Crippen LogP) is 10.9. The lowest BCUT2D eigenvalue weighted by Crippen LogP contribution is -2.65. The minimum absolute atomic E-state index is 0.0354. The van der Waals surface area contributed by atoms with Crippen molar-refractivity contribution in [3.8, 4) is 5.75 Å². The summed E-state index contributed by atoms with van der Waals surface area (Å²) in [7, 11) is 0. The molecule has 6 atom stereocenters. The van der Waals surface area contributed by atoms with Gasteiger partial charge >= 0.3 is 0 Å². The molecule has 0 bridgehead atoms. The van der Waals surface area contributed by atoms with Crippen molar-refractivity contribution in [2.45, 2.75) is 76.3 Å². The van der Waals surface area contributed by atoms with Crippen LogP contribution in [0, 0.1) is 6.92 Å². The molecule has 2 unspecified atom stereocenters. The van der Waals surface area contributed by atoms with Gasteiger partial charge in [0, 0.05) is 4.47 Å². The fraction of sp³-hybridized carbons (Fsp3) is 0.236. The summed E-state index contributed by atoms with van der Waals surface area (Å²) in [5.41, 5.74) is 6.95. The van der Waals surface area contributed by atoms with Crippen LogP contribution in [0.3, 0.4) is 0 Å². The quantitative estimate of drug-likeness (QED) is 0.0828. The second-order valence-corrected chi connectivity index (χ2v) is 16.9. The maximum absolute atomic E-state index is 13.8. The van der Waals surface area contributed by atoms with Crippen molar-refractivity contribution >= 4 is 15.9 Å². The van der Waals surface area contributed by atoms with Gasteiger partial charge in [-0.1, -0.05) is 180 Å². The van der Waals surface area contributed by atoms with Crippen LogP contribution >= 0.6 is 15.9 Å². The Kier molecular flexibility index (Phi) is 15.5. The van der Waals surface area contributed by atoms with Gasteiger partial charge in [0.1, 0.15) is 42.9 Å². The van der Waals surface area contributed by atoms with Gasteiger partial charge in [-0.2, -0.15) is 0 Å². The number of benzene rings is 7. The predicted molar refractivity (Wildman–Crippen MR) is 250 cm³/mol. The normalized spacial score (nSPS) is 20.1. The standard InChI is InChI=1S/C55H53BrO8/c1-39-31-49(60-34-41-19-9-3-10-20-41)48(32-47(39)51(57)45-27-29-46(56)30-28-45)55(58)54(63-37-44-25-15-6-16-26-44)53(62-36-43-23-13-5-14-24-43)52(61-35-42-21-11-4-12-22-42)50(64-55)38-59-33-40-17-7-2-8-18-40/h2-32,50-54,57-58H,33-38H2,1H3/t50-,51?,52-,53+,54-,55?/m1/s1. The monoisotopic (exact) mass is 920 g/mol. The van der Waals surface area contributed by atoms with Gasteiger partial charge in [0.2, 0.25) is 5.79 Å². The number of hydrogen-bond donors (Lipinski definition) is 2. The smallest absolute Gasteiger partial charge is 0.226 e. The fourth-order valence-corrected chi connectivity index (χ4v) is 8.29. The average Bonchev–Trinajstić information content (AvgIpc) is 3.33. The topological polar surface area (TPSA) is 95.8 Å². The molecule has 0 spiro atoms. The molecule has 9 heteroatoms. The summed E-state index contributed by atoms with van der Waals surface area (Å²) in [6.07, 6.45) is -4.88. The van der Waals surface area contributed by atoms with Crippen LogP contribution in [-0.2, 0) is 62.5 Å². The Bertz CT molecular complexity index is 2480. The summed E-state index contributed by atoms with van der Waals surface area (Å²) >= 11 is 3.53. The first-order chi connectivity index (χ1) is 31.3. The van der Waals surface area contributed by atoms with Crippen LogP contribution in [-0.4, -0.2) is 41.2 Å². The van der Waals surface area contributed by atoms with Gasteiger partial charge in [0.15, 0.2) is 0 Å². The van der Waals surface area contributed by atoms with E-state index in [-0.39, 0.29) is 38.6 Å². The van der Waals surface area contributed by atoms with E-state index in [1.165, 1.54) is 0 Å². The van der Waals surface area contributed by atoms with E-state index in [9.17, 15) is 10.2 Å². The highest BCUT2D eigenvalue weighted by Gasteiger charge is 2.58. The van der Waals surface area contributed by atoms with Gasteiger partial charge in [-0.25, -0.2) is 0 Å². The van der Waals surface area contributed by atoms with Crippen molar-refractivity contribution in [3.63, 3.8) is 0 Å². The molecule has 328 valence electrons. The molecule has 8 nitrogen and oxygen atoms in total. The van der Waals surface area contributed by atoms with E-state index in [4.69, 9.17) is 28.4 Å². The van der Waals surface area contributed by atoms with Gasteiger partial charge in [-0.05, 0) is 75.7 Å². The Morgan fingerprint density at radius 1 is 0.562 bits per heavy atom. The molecule has 1 heterocycles. The highest BCUT2D eigenvalue weighted by molar-refractivity contribution is 9.10. The largest absolute Gasteiger partial charge is 0.488 e. The average molecular weight is 922 g/mol. The minimum Gasteiger partial charge on any atom is -0.488 e. The van der Waals surface area contributed by atoms with E-state index < -0.39 is 36.3 Å². The second kappa shape index (κ2) is 22.0. The van der Waals surface area contributed by atoms with Crippen molar-refractivity contribution in [3.05, 3.63) is 243 Å².